The molecule has 1 rings (SSSR count). The zero-order chi connectivity index (χ0) is 17.0. The Morgan fingerprint density at radius 3 is 2.43 bits per heavy atom. The molecule has 0 aliphatic carbocycles. The van der Waals surface area contributed by atoms with Gasteiger partial charge in [0.15, 0.2) is 0 Å². The van der Waals surface area contributed by atoms with Crippen LogP contribution in [0.1, 0.15) is 18.7 Å². The van der Waals surface area contributed by atoms with E-state index in [1.165, 1.54) is 11.4 Å². The molecule has 0 saturated heterocycles. The average molecular weight is 406 g/mol. The smallest absolute Gasteiger partial charge is 0.252 e. The Morgan fingerprint density at radius 2 is 1.91 bits per heavy atom. The first-order valence-electron chi connectivity index (χ1n) is 6.88. The highest BCUT2D eigenvalue weighted by Gasteiger charge is 2.26. The molecule has 3 N–H and O–H groups in total. The maximum atomic E-state index is 12.4. The molecule has 0 saturated carbocycles. The van der Waals surface area contributed by atoms with E-state index in [-0.39, 0.29) is 41.5 Å². The minimum Gasteiger partial charge on any atom is -0.329 e. The number of nitrogens with one attached hydrogen (secondary N) is 1. The molecule has 0 aliphatic heterocycles. The van der Waals surface area contributed by atoms with Crippen LogP contribution < -0.4 is 10.5 Å². The van der Waals surface area contributed by atoms with Crippen molar-refractivity contribution in [3.05, 3.63) is 17.0 Å². The zero-order valence-electron chi connectivity index (χ0n) is 13.4. The number of sulfonamides is 2. The minimum atomic E-state index is -3.55. The maximum Gasteiger partial charge on any atom is 0.252 e. The first-order valence-corrected chi connectivity index (χ1v) is 10.8. The summed E-state index contributed by atoms with van der Waals surface area (Å²) in [6.45, 7) is 3.80. The highest BCUT2D eigenvalue weighted by molar-refractivity contribution is 7.91. The Labute approximate surface area is 148 Å². The van der Waals surface area contributed by atoms with Crippen LogP contribution in [0, 0.1) is 0 Å². The van der Waals surface area contributed by atoms with E-state index in [1.54, 1.807) is 26.0 Å². The van der Waals surface area contributed by atoms with Gasteiger partial charge in [-0.2, -0.15) is 4.31 Å². The van der Waals surface area contributed by atoms with Gasteiger partial charge in [0.1, 0.15) is 4.21 Å². The van der Waals surface area contributed by atoms with Gasteiger partial charge in [0, 0.05) is 31.1 Å². The Kier molecular flexibility index (Phi) is 9.21. The third-order valence-electron chi connectivity index (χ3n) is 3.31. The van der Waals surface area contributed by atoms with Crippen molar-refractivity contribution < 1.29 is 16.8 Å². The molecule has 0 spiro atoms. The lowest BCUT2D eigenvalue weighted by Crippen LogP contribution is -2.39. The van der Waals surface area contributed by atoms with E-state index in [0.717, 1.165) is 16.2 Å². The first kappa shape index (κ1) is 22.8. The van der Waals surface area contributed by atoms with E-state index >= 15 is 0 Å². The van der Waals surface area contributed by atoms with Crippen molar-refractivity contribution in [2.75, 3.05) is 25.9 Å². The van der Waals surface area contributed by atoms with E-state index in [0.29, 0.717) is 6.42 Å². The quantitative estimate of drug-likeness (QED) is 0.625. The van der Waals surface area contributed by atoms with Crippen molar-refractivity contribution in [3.63, 3.8) is 0 Å². The molecule has 0 aromatic carbocycles. The van der Waals surface area contributed by atoms with Crippen molar-refractivity contribution in [2.24, 2.45) is 5.73 Å². The standard InChI is InChI=1S/C12H23N3O4S3.ClH/c1-4-21(16,17)14-8-7-11-5-6-12(20-11)22(18,19)15(3)10(2)9-13;/h5-6,10,14H,4,7-9,13H2,1-3H3;1H. The van der Waals surface area contributed by atoms with Crippen molar-refractivity contribution in [1.82, 2.24) is 9.03 Å². The van der Waals surface area contributed by atoms with Crippen LogP contribution in [0.2, 0.25) is 0 Å². The monoisotopic (exact) mass is 405 g/mol. The molecule has 0 radical (unpaired) electrons. The molecule has 1 atom stereocenters. The van der Waals surface area contributed by atoms with Gasteiger partial charge in [-0.1, -0.05) is 0 Å². The predicted octanol–water partition coefficient (Wildman–Crippen LogP) is 0.619. The number of hydrogen-bond donors (Lipinski definition) is 2. The Hall–Kier alpha value is -0.230. The van der Waals surface area contributed by atoms with Gasteiger partial charge in [-0.15, -0.1) is 23.7 Å². The van der Waals surface area contributed by atoms with Crippen molar-refractivity contribution >= 4 is 43.8 Å². The fourth-order valence-electron chi connectivity index (χ4n) is 1.59. The van der Waals surface area contributed by atoms with Crippen molar-refractivity contribution in [3.8, 4) is 0 Å². The predicted molar refractivity (Wildman–Crippen MR) is 96.2 cm³/mol. The molecule has 1 aromatic rings. The van der Waals surface area contributed by atoms with Crippen LogP contribution >= 0.6 is 23.7 Å². The third kappa shape index (κ3) is 6.29. The molecule has 136 valence electrons. The molecular formula is C12H24ClN3O4S3. The average Bonchev–Trinajstić information content (AvgIpc) is 2.95. The molecular weight excluding hydrogens is 382 g/mol. The van der Waals surface area contributed by atoms with Gasteiger partial charge in [0.2, 0.25) is 10.0 Å². The molecule has 1 aromatic heterocycles. The molecule has 0 aliphatic rings. The van der Waals surface area contributed by atoms with Crippen LogP contribution in [0.4, 0.5) is 0 Å². The van der Waals surface area contributed by atoms with E-state index in [4.69, 9.17) is 5.73 Å². The van der Waals surface area contributed by atoms with E-state index in [9.17, 15) is 16.8 Å². The fraction of sp³-hybridized carbons (Fsp3) is 0.667. The fourth-order valence-corrected chi connectivity index (χ4v) is 5.12. The number of rotatable bonds is 9. The SMILES string of the molecule is CCS(=O)(=O)NCCc1ccc(S(=O)(=O)N(C)C(C)CN)s1.Cl. The highest BCUT2D eigenvalue weighted by atomic mass is 35.5. The normalized spacial score (nSPS) is 13.8. The van der Waals surface area contributed by atoms with Gasteiger partial charge >= 0.3 is 0 Å². The maximum absolute atomic E-state index is 12.4. The second kappa shape index (κ2) is 9.30. The van der Waals surface area contributed by atoms with Crippen LogP contribution in [0.5, 0.6) is 0 Å². The van der Waals surface area contributed by atoms with Crippen LogP contribution in [0.25, 0.3) is 0 Å². The van der Waals surface area contributed by atoms with Gasteiger partial charge in [-0.05, 0) is 32.4 Å². The molecule has 11 heteroatoms. The summed E-state index contributed by atoms with van der Waals surface area (Å²) in [7, 11) is -5.28. The second-order valence-electron chi connectivity index (χ2n) is 4.87. The summed E-state index contributed by atoms with van der Waals surface area (Å²) >= 11 is 1.15. The number of halogens is 1. The van der Waals surface area contributed by atoms with Crippen molar-refractivity contribution in [1.29, 1.82) is 0 Å². The molecule has 23 heavy (non-hydrogen) atoms. The Bertz CT molecular complexity index is 688. The topological polar surface area (TPSA) is 110 Å². The first-order chi connectivity index (χ1) is 10.1. The number of likely N-dealkylation sites (N-methyl/N-ethyl adjacent to an activating group) is 1. The van der Waals surface area contributed by atoms with Crippen LogP contribution in [-0.2, 0) is 26.5 Å². The summed E-state index contributed by atoms with van der Waals surface area (Å²) in [6, 6.07) is 2.97. The summed E-state index contributed by atoms with van der Waals surface area (Å²) in [4.78, 5) is 0.811. The van der Waals surface area contributed by atoms with E-state index < -0.39 is 20.0 Å². The number of hydrogen-bond acceptors (Lipinski definition) is 6. The van der Waals surface area contributed by atoms with Gasteiger partial charge in [0.25, 0.3) is 10.0 Å². The molecule has 1 unspecified atom stereocenters. The molecule has 0 amide bonds. The minimum absolute atomic E-state index is 0. The van der Waals surface area contributed by atoms with Crippen LogP contribution in [0.15, 0.2) is 16.3 Å². The lowest BCUT2D eigenvalue weighted by molar-refractivity contribution is 0.395. The molecule has 7 nitrogen and oxygen atoms in total. The van der Waals surface area contributed by atoms with Crippen LogP contribution in [-0.4, -0.2) is 53.1 Å². The summed E-state index contributed by atoms with van der Waals surface area (Å²) < 4.78 is 51.4. The summed E-state index contributed by atoms with van der Waals surface area (Å²) in [6.07, 6.45) is 0.454. The molecule has 0 bridgehead atoms. The van der Waals surface area contributed by atoms with Crippen LogP contribution in [0.3, 0.4) is 0 Å². The Balaban J connectivity index is 0.00000484. The van der Waals surface area contributed by atoms with Gasteiger partial charge in [0.05, 0.1) is 5.75 Å². The number of nitrogens with zero attached hydrogens (tertiary/aromatic N) is 1. The number of thiophene rings is 1. The van der Waals surface area contributed by atoms with Crippen molar-refractivity contribution in [2.45, 2.75) is 30.5 Å². The Morgan fingerprint density at radius 1 is 1.30 bits per heavy atom. The summed E-state index contributed by atoms with van der Waals surface area (Å²) in [5, 5.41) is 0. The van der Waals surface area contributed by atoms with Gasteiger partial charge in [-0.3, -0.25) is 0 Å². The largest absolute Gasteiger partial charge is 0.329 e. The number of nitrogens with two attached hydrogens (primary N) is 1. The molecule has 1 heterocycles. The highest BCUT2D eigenvalue weighted by Crippen LogP contribution is 2.25. The lowest BCUT2D eigenvalue weighted by Gasteiger charge is -2.21. The second-order valence-corrected chi connectivity index (χ2v) is 10.4. The van der Waals surface area contributed by atoms with Gasteiger partial charge in [-0.25, -0.2) is 21.6 Å². The van der Waals surface area contributed by atoms with Gasteiger partial charge < -0.3 is 5.73 Å². The molecule has 0 fully saturated rings. The lowest BCUT2D eigenvalue weighted by atomic mass is 10.3. The zero-order valence-corrected chi connectivity index (χ0v) is 16.6. The van der Waals surface area contributed by atoms with E-state index in [2.05, 4.69) is 4.72 Å². The summed E-state index contributed by atoms with van der Waals surface area (Å²) in [5.74, 6) is 0.0266. The third-order valence-corrected chi connectivity index (χ3v) is 8.29. The van der Waals surface area contributed by atoms with E-state index in [1.807, 2.05) is 0 Å². The summed E-state index contributed by atoms with van der Waals surface area (Å²) in [5.41, 5.74) is 5.50.